The maximum absolute atomic E-state index is 12.5. The SMILES string of the molecule is Cc1ccc(NC(=O)C[C@H]2Sc3ccccc3NC2=O)cc1S(=O)(=O)N(C)C. The normalized spacial score (nSPS) is 16.4. The standard InChI is InChI=1S/C19H21N3O4S2/c1-12-8-9-13(10-17(12)28(25,26)22(2)3)20-18(23)11-16-19(24)21-14-6-4-5-7-15(14)27-16/h4-10,16H,11H2,1-3H3,(H,20,23)(H,21,24)/t16-/m1/s1. The van der Waals surface area contributed by atoms with Gasteiger partial charge in [0.05, 0.1) is 15.8 Å². The van der Waals surface area contributed by atoms with Gasteiger partial charge in [0.2, 0.25) is 21.8 Å². The summed E-state index contributed by atoms with van der Waals surface area (Å²) in [7, 11) is -0.711. The van der Waals surface area contributed by atoms with Gasteiger partial charge in [-0.15, -0.1) is 11.8 Å². The van der Waals surface area contributed by atoms with Crippen molar-refractivity contribution in [3.05, 3.63) is 48.0 Å². The zero-order valence-corrected chi connectivity index (χ0v) is 17.4. The molecular weight excluding hydrogens is 398 g/mol. The number of thioether (sulfide) groups is 1. The highest BCUT2D eigenvalue weighted by Crippen LogP contribution is 2.36. The van der Waals surface area contributed by atoms with Crippen LogP contribution < -0.4 is 10.6 Å². The molecule has 1 aliphatic rings. The van der Waals surface area contributed by atoms with Gasteiger partial charge in [0.15, 0.2) is 0 Å². The number of carbonyl (C=O) groups excluding carboxylic acids is 2. The van der Waals surface area contributed by atoms with Gasteiger partial charge in [0, 0.05) is 31.1 Å². The van der Waals surface area contributed by atoms with Crippen molar-refractivity contribution in [2.45, 2.75) is 28.4 Å². The fourth-order valence-corrected chi connectivity index (χ4v) is 5.01. The van der Waals surface area contributed by atoms with Crippen molar-refractivity contribution in [1.82, 2.24) is 4.31 Å². The number of nitrogens with zero attached hydrogens (tertiary/aromatic N) is 1. The van der Waals surface area contributed by atoms with Crippen LogP contribution >= 0.6 is 11.8 Å². The Morgan fingerprint density at radius 3 is 2.64 bits per heavy atom. The number of rotatable bonds is 5. The third-order valence-corrected chi connectivity index (χ3v) is 7.54. The van der Waals surface area contributed by atoms with Gasteiger partial charge in [-0.1, -0.05) is 18.2 Å². The largest absolute Gasteiger partial charge is 0.326 e. The van der Waals surface area contributed by atoms with Crippen LogP contribution in [0.3, 0.4) is 0 Å². The van der Waals surface area contributed by atoms with Crippen molar-refractivity contribution < 1.29 is 18.0 Å². The molecule has 0 spiro atoms. The molecule has 1 heterocycles. The number of benzene rings is 2. The minimum atomic E-state index is -3.62. The molecule has 2 N–H and O–H groups in total. The van der Waals surface area contributed by atoms with Gasteiger partial charge in [0.25, 0.3) is 0 Å². The van der Waals surface area contributed by atoms with E-state index in [9.17, 15) is 18.0 Å². The van der Waals surface area contributed by atoms with E-state index in [1.54, 1.807) is 19.1 Å². The Bertz CT molecular complexity index is 1040. The third kappa shape index (κ3) is 4.21. The summed E-state index contributed by atoms with van der Waals surface area (Å²) in [6.45, 7) is 1.70. The first kappa shape index (κ1) is 20.4. The molecule has 0 radical (unpaired) electrons. The summed E-state index contributed by atoms with van der Waals surface area (Å²) < 4.78 is 26.0. The van der Waals surface area contributed by atoms with Crippen LogP contribution in [0.15, 0.2) is 52.3 Å². The minimum absolute atomic E-state index is 0.0194. The highest BCUT2D eigenvalue weighted by molar-refractivity contribution is 8.01. The van der Waals surface area contributed by atoms with Crippen LogP contribution in [0.2, 0.25) is 0 Å². The second-order valence-corrected chi connectivity index (χ2v) is 9.98. The minimum Gasteiger partial charge on any atom is -0.326 e. The van der Waals surface area contributed by atoms with Crippen molar-refractivity contribution in [3.63, 3.8) is 0 Å². The molecule has 1 aliphatic heterocycles. The lowest BCUT2D eigenvalue weighted by atomic mass is 10.2. The van der Waals surface area contributed by atoms with Crippen LogP contribution in [0.25, 0.3) is 0 Å². The van der Waals surface area contributed by atoms with E-state index in [4.69, 9.17) is 0 Å². The first-order chi connectivity index (χ1) is 13.2. The summed E-state index contributed by atoms with van der Waals surface area (Å²) in [5, 5.41) is 4.95. The molecular formula is C19H21N3O4S2. The number of hydrogen-bond acceptors (Lipinski definition) is 5. The number of fused-ring (bicyclic) bond motifs is 1. The van der Waals surface area contributed by atoms with Gasteiger partial charge in [-0.25, -0.2) is 12.7 Å². The van der Waals surface area contributed by atoms with E-state index in [0.717, 1.165) is 14.9 Å². The van der Waals surface area contributed by atoms with Gasteiger partial charge < -0.3 is 10.6 Å². The highest BCUT2D eigenvalue weighted by Gasteiger charge is 2.29. The predicted octanol–water partition coefficient (Wildman–Crippen LogP) is 2.69. The Balaban J connectivity index is 1.73. The van der Waals surface area contributed by atoms with Crippen LogP contribution in [0.5, 0.6) is 0 Å². The molecule has 2 aromatic carbocycles. The smallest absolute Gasteiger partial charge is 0.242 e. The first-order valence-electron chi connectivity index (χ1n) is 8.58. The molecule has 0 aromatic heterocycles. The van der Waals surface area contributed by atoms with Crippen LogP contribution in [0.1, 0.15) is 12.0 Å². The fraction of sp³-hybridized carbons (Fsp3) is 0.263. The lowest BCUT2D eigenvalue weighted by molar-refractivity contribution is -0.120. The first-order valence-corrected chi connectivity index (χ1v) is 10.9. The average molecular weight is 420 g/mol. The third-order valence-electron chi connectivity index (χ3n) is 4.31. The summed E-state index contributed by atoms with van der Waals surface area (Å²) in [6.07, 6.45) is -0.0194. The molecule has 9 heteroatoms. The van der Waals surface area contributed by atoms with E-state index in [2.05, 4.69) is 10.6 Å². The molecule has 148 valence electrons. The van der Waals surface area contributed by atoms with Crippen LogP contribution in [0, 0.1) is 6.92 Å². The predicted molar refractivity (Wildman–Crippen MR) is 110 cm³/mol. The number of anilines is 2. The lowest BCUT2D eigenvalue weighted by Crippen LogP contribution is -2.32. The van der Waals surface area contributed by atoms with E-state index in [0.29, 0.717) is 11.3 Å². The number of aryl methyl sites for hydroxylation is 1. The fourth-order valence-electron chi connectivity index (χ4n) is 2.76. The Morgan fingerprint density at radius 1 is 1.21 bits per heavy atom. The number of sulfonamides is 1. The van der Waals surface area contributed by atoms with Crippen LogP contribution in [0.4, 0.5) is 11.4 Å². The van der Waals surface area contributed by atoms with Gasteiger partial charge in [-0.3, -0.25) is 9.59 Å². The number of amides is 2. The molecule has 2 aromatic rings. The number of carbonyl (C=O) groups is 2. The summed E-state index contributed by atoms with van der Waals surface area (Å²) in [5.74, 6) is -0.581. The molecule has 0 bridgehead atoms. The van der Waals surface area contributed by atoms with Gasteiger partial charge >= 0.3 is 0 Å². The molecule has 0 saturated carbocycles. The van der Waals surface area contributed by atoms with Crippen LogP contribution in [-0.4, -0.2) is 43.9 Å². The molecule has 1 atom stereocenters. The monoisotopic (exact) mass is 419 g/mol. The molecule has 0 aliphatic carbocycles. The van der Waals surface area contributed by atoms with E-state index in [1.165, 1.54) is 31.9 Å². The van der Waals surface area contributed by atoms with Crippen molar-refractivity contribution in [2.24, 2.45) is 0 Å². The van der Waals surface area contributed by atoms with Crippen molar-refractivity contribution in [2.75, 3.05) is 24.7 Å². The van der Waals surface area contributed by atoms with Crippen molar-refractivity contribution >= 4 is 45.0 Å². The summed E-state index contributed by atoms with van der Waals surface area (Å²) in [4.78, 5) is 25.8. The summed E-state index contributed by atoms with van der Waals surface area (Å²) in [5.41, 5.74) is 1.70. The maximum Gasteiger partial charge on any atom is 0.242 e. The van der Waals surface area contributed by atoms with E-state index in [1.807, 2.05) is 24.3 Å². The number of nitrogens with one attached hydrogen (secondary N) is 2. The van der Waals surface area contributed by atoms with Crippen molar-refractivity contribution in [1.29, 1.82) is 0 Å². The zero-order valence-electron chi connectivity index (χ0n) is 15.7. The molecule has 7 nitrogen and oxygen atoms in total. The van der Waals surface area contributed by atoms with Gasteiger partial charge in [-0.2, -0.15) is 0 Å². The quantitative estimate of drug-likeness (QED) is 0.777. The highest BCUT2D eigenvalue weighted by atomic mass is 32.2. The van der Waals surface area contributed by atoms with Gasteiger partial charge in [-0.05, 0) is 36.8 Å². The Kier molecular flexibility index (Phi) is 5.78. The molecule has 2 amide bonds. The molecule has 3 rings (SSSR count). The van der Waals surface area contributed by atoms with Crippen LogP contribution in [-0.2, 0) is 19.6 Å². The number of hydrogen-bond donors (Lipinski definition) is 2. The second kappa shape index (κ2) is 7.94. The van der Waals surface area contributed by atoms with Gasteiger partial charge in [0.1, 0.15) is 0 Å². The lowest BCUT2D eigenvalue weighted by Gasteiger charge is -2.23. The maximum atomic E-state index is 12.5. The topological polar surface area (TPSA) is 95.6 Å². The Morgan fingerprint density at radius 2 is 1.93 bits per heavy atom. The molecule has 0 unspecified atom stereocenters. The molecule has 28 heavy (non-hydrogen) atoms. The molecule has 0 saturated heterocycles. The van der Waals surface area contributed by atoms with E-state index in [-0.39, 0.29) is 23.1 Å². The number of para-hydroxylation sites is 1. The summed E-state index contributed by atoms with van der Waals surface area (Å²) >= 11 is 1.34. The van der Waals surface area contributed by atoms with Crippen molar-refractivity contribution in [3.8, 4) is 0 Å². The molecule has 0 fully saturated rings. The summed E-state index contributed by atoms with van der Waals surface area (Å²) in [6, 6.07) is 12.1. The van der Waals surface area contributed by atoms with E-state index < -0.39 is 15.3 Å². The zero-order chi connectivity index (χ0) is 20.5. The average Bonchev–Trinajstić information content (AvgIpc) is 2.63. The van der Waals surface area contributed by atoms with E-state index >= 15 is 0 Å². The Labute approximate surface area is 168 Å². The Hall–Kier alpha value is -2.36. The second-order valence-electron chi connectivity index (χ2n) is 6.61.